The first-order chi connectivity index (χ1) is 18.5. The zero-order chi connectivity index (χ0) is 26.6. The lowest BCUT2D eigenvalue weighted by molar-refractivity contribution is 0.0947. The first-order valence-corrected chi connectivity index (χ1v) is 12.8. The predicted octanol–water partition coefficient (Wildman–Crippen LogP) is 8.33. The van der Waals surface area contributed by atoms with Crippen LogP contribution < -0.4 is 4.74 Å². The molecule has 0 saturated carbocycles. The van der Waals surface area contributed by atoms with E-state index in [2.05, 4.69) is 12.0 Å². The molecule has 1 aromatic heterocycles. The normalized spacial score (nSPS) is 10.9. The Morgan fingerprint density at radius 3 is 2.26 bits per heavy atom. The Hall–Kier alpha value is -4.22. The summed E-state index contributed by atoms with van der Waals surface area (Å²) in [7, 11) is 1.56. The first kappa shape index (κ1) is 25.4. The van der Waals surface area contributed by atoms with Crippen LogP contribution in [0.2, 0.25) is 5.02 Å². The predicted molar refractivity (Wildman–Crippen MR) is 150 cm³/mol. The molecule has 0 spiro atoms. The molecule has 0 unspecified atom stereocenters. The van der Waals surface area contributed by atoms with Crippen molar-refractivity contribution in [3.8, 4) is 39.3 Å². The van der Waals surface area contributed by atoms with Crippen molar-refractivity contribution in [3.63, 3.8) is 0 Å². The standard InChI is InChI=1S/C32H26ClFN2O2/c1-3-5-21-8-17-28(30(34)18-21)22-9-11-24(12-10-22)31-29(23-13-15-26(33)16-14-23)20-35-36(31)32(37)25-6-4-7-27(19-25)38-2/h4,6-20H,3,5H2,1-2H3. The zero-order valence-electron chi connectivity index (χ0n) is 21.1. The van der Waals surface area contributed by atoms with E-state index < -0.39 is 0 Å². The van der Waals surface area contributed by atoms with Crippen molar-refractivity contribution in [1.82, 2.24) is 9.78 Å². The number of ether oxygens (including phenoxy) is 1. The van der Waals surface area contributed by atoms with Gasteiger partial charge in [-0.2, -0.15) is 9.78 Å². The fourth-order valence-corrected chi connectivity index (χ4v) is 4.67. The van der Waals surface area contributed by atoms with E-state index in [0.29, 0.717) is 27.6 Å². The Morgan fingerprint density at radius 2 is 1.58 bits per heavy atom. The third kappa shape index (κ3) is 5.11. The SMILES string of the molecule is CCCc1ccc(-c2ccc(-c3c(-c4ccc(Cl)cc4)cnn3C(=O)c3cccc(OC)c3)cc2)c(F)c1. The van der Waals surface area contributed by atoms with Crippen LogP contribution in [0.25, 0.3) is 33.5 Å². The van der Waals surface area contributed by atoms with Crippen LogP contribution in [0.3, 0.4) is 0 Å². The Balaban J connectivity index is 1.59. The summed E-state index contributed by atoms with van der Waals surface area (Å²) in [4.78, 5) is 13.6. The van der Waals surface area contributed by atoms with Crippen molar-refractivity contribution in [3.05, 3.63) is 119 Å². The van der Waals surface area contributed by atoms with Crippen molar-refractivity contribution in [2.75, 3.05) is 7.11 Å². The van der Waals surface area contributed by atoms with Gasteiger partial charge in [-0.05, 0) is 59.5 Å². The highest BCUT2D eigenvalue weighted by atomic mass is 35.5. The minimum absolute atomic E-state index is 0.246. The van der Waals surface area contributed by atoms with E-state index in [9.17, 15) is 9.18 Å². The maximum absolute atomic E-state index is 14.9. The first-order valence-electron chi connectivity index (χ1n) is 12.4. The smallest absolute Gasteiger partial charge is 0.278 e. The van der Waals surface area contributed by atoms with Crippen LogP contribution in [0, 0.1) is 5.82 Å². The Morgan fingerprint density at radius 1 is 0.895 bits per heavy atom. The maximum Gasteiger partial charge on any atom is 0.278 e. The molecule has 0 saturated heterocycles. The lowest BCUT2D eigenvalue weighted by Gasteiger charge is -2.12. The van der Waals surface area contributed by atoms with E-state index in [1.165, 1.54) is 4.68 Å². The van der Waals surface area contributed by atoms with Crippen LogP contribution >= 0.6 is 11.6 Å². The van der Waals surface area contributed by atoms with E-state index in [4.69, 9.17) is 16.3 Å². The van der Waals surface area contributed by atoms with Gasteiger partial charge in [0.2, 0.25) is 0 Å². The molecule has 38 heavy (non-hydrogen) atoms. The monoisotopic (exact) mass is 524 g/mol. The molecular weight excluding hydrogens is 499 g/mol. The Kier molecular flexibility index (Phi) is 7.38. The van der Waals surface area contributed by atoms with Gasteiger partial charge in [0.25, 0.3) is 5.91 Å². The minimum atomic E-state index is -0.291. The number of hydrogen-bond acceptors (Lipinski definition) is 3. The number of benzene rings is 4. The molecule has 6 heteroatoms. The van der Waals surface area contributed by atoms with Crippen LogP contribution in [0.4, 0.5) is 4.39 Å². The van der Waals surface area contributed by atoms with E-state index in [1.807, 2.05) is 48.5 Å². The average molecular weight is 525 g/mol. The van der Waals surface area contributed by atoms with E-state index in [1.54, 1.807) is 55.8 Å². The molecule has 1 heterocycles. The fraction of sp³-hybridized carbons (Fsp3) is 0.125. The lowest BCUT2D eigenvalue weighted by Crippen LogP contribution is -2.15. The van der Waals surface area contributed by atoms with Gasteiger partial charge in [-0.15, -0.1) is 0 Å². The molecule has 4 nitrogen and oxygen atoms in total. The number of rotatable bonds is 7. The summed E-state index contributed by atoms with van der Waals surface area (Å²) in [5.41, 5.74) is 5.78. The molecule has 0 aliphatic carbocycles. The number of aromatic nitrogens is 2. The quantitative estimate of drug-likeness (QED) is 0.215. The zero-order valence-corrected chi connectivity index (χ0v) is 21.9. The largest absolute Gasteiger partial charge is 0.497 e. The second kappa shape index (κ2) is 11.0. The fourth-order valence-electron chi connectivity index (χ4n) is 4.54. The molecule has 0 atom stereocenters. The van der Waals surface area contributed by atoms with E-state index in [-0.39, 0.29) is 11.7 Å². The number of methoxy groups -OCH3 is 1. The molecule has 0 aliphatic rings. The van der Waals surface area contributed by atoms with E-state index in [0.717, 1.165) is 40.7 Å². The van der Waals surface area contributed by atoms with Crippen molar-refractivity contribution < 1.29 is 13.9 Å². The number of hydrogen-bond donors (Lipinski definition) is 0. The van der Waals surface area contributed by atoms with Gasteiger partial charge in [-0.1, -0.05) is 79.5 Å². The van der Waals surface area contributed by atoms with Gasteiger partial charge in [0, 0.05) is 27.3 Å². The molecule has 5 aromatic rings. The number of carbonyl (C=O) groups excluding carboxylic acids is 1. The summed E-state index contributed by atoms with van der Waals surface area (Å²) < 4.78 is 21.6. The highest BCUT2D eigenvalue weighted by Gasteiger charge is 2.21. The third-order valence-electron chi connectivity index (χ3n) is 6.48. The number of carbonyl (C=O) groups is 1. The van der Waals surface area contributed by atoms with Gasteiger partial charge in [-0.25, -0.2) is 4.39 Å². The molecule has 0 fully saturated rings. The topological polar surface area (TPSA) is 44.1 Å². The van der Waals surface area contributed by atoms with Crippen LogP contribution in [0.5, 0.6) is 5.75 Å². The van der Waals surface area contributed by atoms with Crippen LogP contribution in [0.15, 0.2) is 97.2 Å². The minimum Gasteiger partial charge on any atom is -0.497 e. The summed E-state index contributed by atoms with van der Waals surface area (Å²) in [6, 6.07) is 27.3. The molecule has 0 aliphatic heterocycles. The van der Waals surface area contributed by atoms with Gasteiger partial charge in [0.1, 0.15) is 11.6 Å². The van der Waals surface area contributed by atoms with E-state index >= 15 is 0 Å². The molecule has 4 aromatic carbocycles. The molecule has 0 amide bonds. The van der Waals surface area contributed by atoms with Gasteiger partial charge in [0.15, 0.2) is 0 Å². The molecular formula is C32H26ClFN2O2. The van der Waals surface area contributed by atoms with Crippen LogP contribution in [-0.2, 0) is 6.42 Å². The second-order valence-electron chi connectivity index (χ2n) is 9.00. The molecule has 0 N–H and O–H groups in total. The summed E-state index contributed by atoms with van der Waals surface area (Å²) in [6.45, 7) is 2.08. The van der Waals surface area contributed by atoms with Crippen molar-refractivity contribution in [2.45, 2.75) is 19.8 Å². The molecule has 0 bridgehead atoms. The molecule has 5 rings (SSSR count). The van der Waals surface area contributed by atoms with Crippen molar-refractivity contribution in [1.29, 1.82) is 0 Å². The Labute approximate surface area is 226 Å². The number of nitrogens with zero attached hydrogens (tertiary/aromatic N) is 2. The highest BCUT2D eigenvalue weighted by Crippen LogP contribution is 2.35. The Bertz CT molecular complexity index is 1590. The van der Waals surface area contributed by atoms with Crippen LogP contribution in [-0.4, -0.2) is 22.8 Å². The van der Waals surface area contributed by atoms with Gasteiger partial charge in [-0.3, -0.25) is 4.79 Å². The average Bonchev–Trinajstić information content (AvgIpc) is 3.38. The van der Waals surface area contributed by atoms with Crippen LogP contribution in [0.1, 0.15) is 29.3 Å². The summed E-state index contributed by atoms with van der Waals surface area (Å²) >= 11 is 6.12. The summed E-state index contributed by atoms with van der Waals surface area (Å²) in [5.74, 6) is 0.0448. The third-order valence-corrected chi connectivity index (χ3v) is 6.73. The second-order valence-corrected chi connectivity index (χ2v) is 9.44. The highest BCUT2D eigenvalue weighted by molar-refractivity contribution is 6.30. The van der Waals surface area contributed by atoms with Crippen molar-refractivity contribution in [2.24, 2.45) is 0 Å². The molecule has 0 radical (unpaired) electrons. The summed E-state index contributed by atoms with van der Waals surface area (Å²) in [6.07, 6.45) is 3.48. The number of aryl methyl sites for hydroxylation is 1. The molecule has 190 valence electrons. The van der Waals surface area contributed by atoms with Crippen molar-refractivity contribution >= 4 is 17.5 Å². The number of halogens is 2. The van der Waals surface area contributed by atoms with Gasteiger partial charge in [0.05, 0.1) is 19.0 Å². The van der Waals surface area contributed by atoms with Gasteiger partial charge < -0.3 is 4.74 Å². The maximum atomic E-state index is 14.9. The summed E-state index contributed by atoms with van der Waals surface area (Å²) in [5, 5.41) is 5.10. The van der Waals surface area contributed by atoms with Gasteiger partial charge >= 0.3 is 0 Å². The lowest BCUT2D eigenvalue weighted by atomic mass is 9.97.